The zero-order chi connectivity index (χ0) is 15.5. The number of nitrogens with zero attached hydrogens (tertiary/aromatic N) is 1. The molecule has 0 aromatic heterocycles. The Hall–Kier alpha value is -2.29. The first-order valence-corrected chi connectivity index (χ1v) is 7.93. The topological polar surface area (TPSA) is 32.3 Å². The van der Waals surface area contributed by atoms with Crippen LogP contribution in [0.1, 0.15) is 38.3 Å². The molecule has 1 heterocycles. The van der Waals surface area contributed by atoms with E-state index in [2.05, 4.69) is 24.4 Å². The van der Waals surface area contributed by atoms with Gasteiger partial charge in [0.15, 0.2) is 0 Å². The van der Waals surface area contributed by atoms with Gasteiger partial charge in [-0.1, -0.05) is 43.3 Å². The third kappa shape index (κ3) is 2.71. The summed E-state index contributed by atoms with van der Waals surface area (Å²) in [6, 6.07) is 18.7. The highest BCUT2D eigenvalue weighted by Gasteiger charge is 2.31. The lowest BCUT2D eigenvalue weighted by Crippen LogP contribution is -2.40. The molecule has 0 spiro atoms. The normalized spacial score (nSPS) is 19.9. The van der Waals surface area contributed by atoms with Gasteiger partial charge in [-0.2, -0.15) is 0 Å². The molecule has 0 saturated heterocycles. The van der Waals surface area contributed by atoms with Gasteiger partial charge in [0, 0.05) is 23.8 Å². The molecule has 1 N–H and O–H groups in total. The van der Waals surface area contributed by atoms with Gasteiger partial charge in [0.2, 0.25) is 5.91 Å². The SMILES string of the molecule is CCC(=O)N(c1ccccc1)[C@H]1C[C@@H](C)Nc2ccccc21. The summed E-state index contributed by atoms with van der Waals surface area (Å²) in [4.78, 5) is 14.6. The quantitative estimate of drug-likeness (QED) is 0.911. The van der Waals surface area contributed by atoms with Crippen molar-refractivity contribution in [3.05, 3.63) is 60.2 Å². The van der Waals surface area contributed by atoms with Crippen LogP contribution in [0.2, 0.25) is 0 Å². The molecule has 3 heteroatoms. The monoisotopic (exact) mass is 294 g/mol. The van der Waals surface area contributed by atoms with E-state index in [9.17, 15) is 4.79 Å². The van der Waals surface area contributed by atoms with E-state index < -0.39 is 0 Å². The van der Waals surface area contributed by atoms with Gasteiger partial charge in [-0.15, -0.1) is 0 Å². The van der Waals surface area contributed by atoms with E-state index in [1.165, 1.54) is 5.56 Å². The summed E-state index contributed by atoms with van der Waals surface area (Å²) >= 11 is 0. The summed E-state index contributed by atoms with van der Waals surface area (Å²) < 4.78 is 0. The van der Waals surface area contributed by atoms with E-state index in [1.54, 1.807) is 0 Å². The fourth-order valence-electron chi connectivity index (χ4n) is 3.21. The Morgan fingerprint density at radius 2 is 1.82 bits per heavy atom. The molecular weight excluding hydrogens is 272 g/mol. The van der Waals surface area contributed by atoms with Crippen LogP contribution >= 0.6 is 0 Å². The van der Waals surface area contributed by atoms with Crippen molar-refractivity contribution in [2.45, 2.75) is 38.8 Å². The van der Waals surface area contributed by atoms with Gasteiger partial charge in [-0.3, -0.25) is 4.79 Å². The molecule has 0 fully saturated rings. The smallest absolute Gasteiger partial charge is 0.227 e. The first-order chi connectivity index (χ1) is 10.7. The molecule has 0 radical (unpaired) electrons. The maximum atomic E-state index is 12.6. The summed E-state index contributed by atoms with van der Waals surface area (Å²) in [5.74, 6) is 0.167. The van der Waals surface area contributed by atoms with Crippen LogP contribution in [0.3, 0.4) is 0 Å². The number of amides is 1. The van der Waals surface area contributed by atoms with Crippen LogP contribution in [0.25, 0.3) is 0 Å². The van der Waals surface area contributed by atoms with Gasteiger partial charge in [-0.05, 0) is 37.1 Å². The summed E-state index contributed by atoms with van der Waals surface area (Å²) in [5, 5.41) is 3.52. The fraction of sp³-hybridized carbons (Fsp3) is 0.316. The Labute approximate surface area is 132 Å². The van der Waals surface area contributed by atoms with Gasteiger partial charge in [0.25, 0.3) is 0 Å². The number of benzene rings is 2. The van der Waals surface area contributed by atoms with Crippen LogP contribution in [-0.4, -0.2) is 11.9 Å². The second-order valence-electron chi connectivity index (χ2n) is 5.84. The first-order valence-electron chi connectivity index (χ1n) is 7.93. The van der Waals surface area contributed by atoms with Crippen molar-refractivity contribution >= 4 is 17.3 Å². The van der Waals surface area contributed by atoms with E-state index in [-0.39, 0.29) is 11.9 Å². The minimum Gasteiger partial charge on any atom is -0.382 e. The molecule has 1 aliphatic rings. The summed E-state index contributed by atoms with van der Waals surface area (Å²) in [5.41, 5.74) is 3.31. The number of hydrogen-bond acceptors (Lipinski definition) is 2. The predicted octanol–water partition coefficient (Wildman–Crippen LogP) is 4.38. The van der Waals surface area contributed by atoms with Crippen LogP contribution in [0.5, 0.6) is 0 Å². The number of rotatable bonds is 3. The second kappa shape index (κ2) is 6.22. The Balaban J connectivity index is 2.07. The minimum absolute atomic E-state index is 0.0855. The molecule has 2 aromatic carbocycles. The van der Waals surface area contributed by atoms with Gasteiger partial charge in [0.05, 0.1) is 6.04 Å². The maximum absolute atomic E-state index is 12.6. The van der Waals surface area contributed by atoms with Crippen molar-refractivity contribution in [2.24, 2.45) is 0 Å². The average molecular weight is 294 g/mol. The number of carbonyl (C=O) groups excluding carboxylic acids is 1. The van der Waals surface area contributed by atoms with Crippen LogP contribution in [0.4, 0.5) is 11.4 Å². The highest BCUT2D eigenvalue weighted by atomic mass is 16.2. The van der Waals surface area contributed by atoms with Crippen molar-refractivity contribution in [1.29, 1.82) is 0 Å². The van der Waals surface area contributed by atoms with Gasteiger partial charge >= 0.3 is 0 Å². The summed E-state index contributed by atoms with van der Waals surface area (Å²) in [7, 11) is 0. The van der Waals surface area contributed by atoms with Crippen LogP contribution in [0, 0.1) is 0 Å². The molecule has 22 heavy (non-hydrogen) atoms. The minimum atomic E-state index is 0.0855. The Kier molecular flexibility index (Phi) is 4.14. The van der Waals surface area contributed by atoms with Crippen molar-refractivity contribution in [2.75, 3.05) is 10.2 Å². The fourth-order valence-corrected chi connectivity index (χ4v) is 3.21. The van der Waals surface area contributed by atoms with Crippen LogP contribution < -0.4 is 10.2 Å². The lowest BCUT2D eigenvalue weighted by atomic mass is 9.91. The molecule has 2 atom stereocenters. The molecule has 2 aromatic rings. The number of carbonyl (C=O) groups is 1. The van der Waals surface area contributed by atoms with E-state index in [1.807, 2.05) is 54.3 Å². The molecule has 1 aliphatic heterocycles. The Morgan fingerprint density at radius 1 is 1.14 bits per heavy atom. The zero-order valence-corrected chi connectivity index (χ0v) is 13.1. The van der Waals surface area contributed by atoms with Gasteiger partial charge in [-0.25, -0.2) is 0 Å². The second-order valence-corrected chi connectivity index (χ2v) is 5.84. The average Bonchev–Trinajstić information content (AvgIpc) is 2.55. The highest BCUT2D eigenvalue weighted by molar-refractivity contribution is 5.94. The van der Waals surface area contributed by atoms with Crippen molar-refractivity contribution in [3.63, 3.8) is 0 Å². The van der Waals surface area contributed by atoms with E-state index in [4.69, 9.17) is 0 Å². The Morgan fingerprint density at radius 3 is 2.55 bits per heavy atom. The number of para-hydroxylation sites is 2. The number of fused-ring (bicyclic) bond motifs is 1. The number of anilines is 2. The molecule has 0 saturated carbocycles. The van der Waals surface area contributed by atoms with Crippen LogP contribution in [0.15, 0.2) is 54.6 Å². The van der Waals surface area contributed by atoms with E-state index in [0.717, 1.165) is 17.8 Å². The third-order valence-corrected chi connectivity index (χ3v) is 4.22. The zero-order valence-electron chi connectivity index (χ0n) is 13.1. The summed E-state index contributed by atoms with van der Waals surface area (Å²) in [6.07, 6.45) is 1.42. The standard InChI is InChI=1S/C19H22N2O/c1-3-19(22)21(15-9-5-4-6-10-15)18-13-14(2)20-17-12-8-7-11-16(17)18/h4-12,14,18,20H,3,13H2,1-2H3/t14-,18+/m1/s1. The van der Waals surface area contributed by atoms with Crippen molar-refractivity contribution < 1.29 is 4.79 Å². The molecule has 114 valence electrons. The largest absolute Gasteiger partial charge is 0.382 e. The van der Waals surface area contributed by atoms with Gasteiger partial charge < -0.3 is 10.2 Å². The molecule has 3 nitrogen and oxygen atoms in total. The molecule has 1 amide bonds. The van der Waals surface area contributed by atoms with E-state index >= 15 is 0 Å². The summed E-state index contributed by atoms with van der Waals surface area (Å²) in [6.45, 7) is 4.09. The van der Waals surface area contributed by atoms with Crippen LogP contribution in [-0.2, 0) is 4.79 Å². The number of hydrogen-bond donors (Lipinski definition) is 1. The van der Waals surface area contributed by atoms with E-state index in [0.29, 0.717) is 12.5 Å². The lowest BCUT2D eigenvalue weighted by molar-refractivity contribution is -0.118. The number of nitrogens with one attached hydrogen (secondary N) is 1. The molecule has 0 aliphatic carbocycles. The van der Waals surface area contributed by atoms with Crippen molar-refractivity contribution in [1.82, 2.24) is 0 Å². The molecule has 0 unspecified atom stereocenters. The highest BCUT2D eigenvalue weighted by Crippen LogP contribution is 2.39. The first kappa shape index (κ1) is 14.6. The third-order valence-electron chi connectivity index (χ3n) is 4.22. The Bertz CT molecular complexity index is 653. The maximum Gasteiger partial charge on any atom is 0.227 e. The predicted molar refractivity (Wildman–Crippen MR) is 91.1 cm³/mol. The van der Waals surface area contributed by atoms with Gasteiger partial charge in [0.1, 0.15) is 0 Å². The lowest BCUT2D eigenvalue weighted by Gasteiger charge is -2.39. The van der Waals surface area contributed by atoms with Crippen molar-refractivity contribution in [3.8, 4) is 0 Å². The molecule has 3 rings (SSSR count). The molecule has 0 bridgehead atoms. The molecular formula is C19H22N2O.